The maximum atomic E-state index is 12.8. The molecule has 0 saturated heterocycles. The maximum absolute atomic E-state index is 12.8. The number of phosphoric ester groups is 1. The smallest absolute Gasteiger partial charge is 0.306 e. The van der Waals surface area contributed by atoms with E-state index < -0.39 is 26.5 Å². The number of unbranched alkanes of at least 4 members (excludes halogenated alkanes) is 40. The van der Waals surface area contributed by atoms with Gasteiger partial charge in [0.25, 0.3) is 7.82 Å². The second-order valence-corrected chi connectivity index (χ2v) is 25.9. The molecule has 0 saturated carbocycles. The second-order valence-electron chi connectivity index (χ2n) is 24.5. The predicted octanol–water partition coefficient (Wildman–Crippen LogP) is 21.6. The summed E-state index contributed by atoms with van der Waals surface area (Å²) in [6.07, 6.45) is 81.7. The zero-order valence-electron chi connectivity index (χ0n) is 54.0. The number of esters is 2. The molecule has 9 nitrogen and oxygen atoms in total. The molecule has 2 atom stereocenters. The Morgan fingerprint density at radius 3 is 1.05 bits per heavy atom. The van der Waals surface area contributed by atoms with Crippen molar-refractivity contribution in [1.29, 1.82) is 0 Å². The van der Waals surface area contributed by atoms with Gasteiger partial charge in [-0.1, -0.05) is 319 Å². The van der Waals surface area contributed by atoms with E-state index in [0.29, 0.717) is 17.4 Å². The summed E-state index contributed by atoms with van der Waals surface area (Å²) in [7, 11) is 1.16. The number of allylic oxidation sites excluding steroid dienone is 10. The fourth-order valence-electron chi connectivity index (χ4n) is 10.0. The van der Waals surface area contributed by atoms with Gasteiger partial charge in [0, 0.05) is 12.8 Å². The monoisotopic (exact) mass is 1160 g/mol. The third kappa shape index (κ3) is 66.7. The molecule has 0 aliphatic rings. The first kappa shape index (κ1) is 78.7. The van der Waals surface area contributed by atoms with E-state index in [1.807, 2.05) is 21.1 Å². The number of hydrogen-bond donors (Lipinski definition) is 0. The summed E-state index contributed by atoms with van der Waals surface area (Å²) in [5.74, 6) is -0.834. The summed E-state index contributed by atoms with van der Waals surface area (Å²) >= 11 is 0. The largest absolute Gasteiger partial charge is 0.756 e. The highest BCUT2D eigenvalue weighted by Crippen LogP contribution is 2.38. The van der Waals surface area contributed by atoms with Crippen LogP contribution in [0.25, 0.3) is 0 Å². The molecule has 0 heterocycles. The minimum Gasteiger partial charge on any atom is -0.756 e. The molecule has 0 aromatic heterocycles. The van der Waals surface area contributed by atoms with Crippen LogP contribution >= 0.6 is 7.82 Å². The van der Waals surface area contributed by atoms with Crippen LogP contribution in [0.4, 0.5) is 0 Å². The fraction of sp³-hybridized carbons (Fsp3) is 0.831. The summed E-state index contributed by atoms with van der Waals surface area (Å²) < 4.78 is 34.3. The molecule has 474 valence electrons. The number of carbonyl (C=O) groups is 2. The van der Waals surface area contributed by atoms with Crippen LogP contribution in [0.1, 0.15) is 328 Å². The van der Waals surface area contributed by atoms with Crippen LogP contribution in [-0.2, 0) is 32.7 Å². The van der Waals surface area contributed by atoms with Crippen molar-refractivity contribution < 1.29 is 42.1 Å². The highest BCUT2D eigenvalue weighted by atomic mass is 31.2. The minimum absolute atomic E-state index is 0.0340. The molecule has 2 unspecified atom stereocenters. The maximum Gasteiger partial charge on any atom is 0.306 e. The van der Waals surface area contributed by atoms with Crippen molar-refractivity contribution in [3.8, 4) is 0 Å². The van der Waals surface area contributed by atoms with Crippen molar-refractivity contribution >= 4 is 19.8 Å². The lowest BCUT2D eigenvalue weighted by atomic mass is 10.0. The summed E-state index contributed by atoms with van der Waals surface area (Å²) in [4.78, 5) is 38.0. The van der Waals surface area contributed by atoms with Gasteiger partial charge in [0.2, 0.25) is 0 Å². The Morgan fingerprint density at radius 1 is 0.395 bits per heavy atom. The van der Waals surface area contributed by atoms with Gasteiger partial charge >= 0.3 is 11.9 Å². The van der Waals surface area contributed by atoms with Gasteiger partial charge in [-0.05, 0) is 57.8 Å². The molecule has 0 bridgehead atoms. The lowest BCUT2D eigenvalue weighted by Gasteiger charge is -2.28. The topological polar surface area (TPSA) is 111 Å². The van der Waals surface area contributed by atoms with Gasteiger partial charge in [-0.2, -0.15) is 0 Å². The highest BCUT2D eigenvalue weighted by Gasteiger charge is 2.22. The number of phosphoric acid groups is 1. The molecule has 0 amide bonds. The molecule has 81 heavy (non-hydrogen) atoms. The van der Waals surface area contributed by atoms with E-state index in [2.05, 4.69) is 74.6 Å². The van der Waals surface area contributed by atoms with Gasteiger partial charge in [-0.25, -0.2) is 0 Å². The molecule has 0 aromatic carbocycles. The van der Waals surface area contributed by atoms with E-state index >= 15 is 0 Å². The standard InChI is InChI=1S/C71H132NO8P/c1-6-8-10-12-14-16-18-20-22-24-26-28-30-31-32-33-34-35-36-37-38-39-40-42-43-45-47-49-51-53-55-57-59-61-63-70(73)77-67-69(68-79-81(75,76)78-66-65-72(3,4)5)80-71(74)64-62-60-58-56-54-52-50-48-46-44-41-29-27-25-23-21-19-17-15-13-11-9-7-2/h9,11,15,17,21,23,27,29,44,46,69H,6-8,10,12-14,16,18-20,22,24-26,28,30-43,45,47-68H2,1-5H3/b11-9-,17-15-,23-21-,29-27-,46-44-. The van der Waals surface area contributed by atoms with Crippen molar-refractivity contribution in [2.45, 2.75) is 335 Å². The van der Waals surface area contributed by atoms with Crippen LogP contribution in [0.5, 0.6) is 0 Å². The number of quaternary nitrogens is 1. The molecule has 0 spiro atoms. The first-order valence-corrected chi connectivity index (χ1v) is 36.0. The van der Waals surface area contributed by atoms with E-state index in [1.165, 1.54) is 218 Å². The molecule has 10 heteroatoms. The Labute approximate surface area is 502 Å². The van der Waals surface area contributed by atoms with Gasteiger partial charge in [0.1, 0.15) is 19.8 Å². The van der Waals surface area contributed by atoms with Crippen LogP contribution in [0.3, 0.4) is 0 Å². The third-order valence-corrected chi connectivity index (χ3v) is 16.3. The zero-order valence-corrected chi connectivity index (χ0v) is 54.9. The highest BCUT2D eigenvalue weighted by molar-refractivity contribution is 7.45. The Morgan fingerprint density at radius 2 is 0.704 bits per heavy atom. The average Bonchev–Trinajstić information content (AvgIpc) is 3.43. The first-order valence-electron chi connectivity index (χ1n) is 34.5. The Hall–Kier alpha value is -2.29. The zero-order chi connectivity index (χ0) is 59.1. The van der Waals surface area contributed by atoms with E-state index in [1.54, 1.807) is 0 Å². The van der Waals surface area contributed by atoms with Gasteiger partial charge in [0.15, 0.2) is 6.10 Å². The number of carbonyl (C=O) groups excluding carboxylic acids is 2. The summed E-state index contributed by atoms with van der Waals surface area (Å²) in [5.41, 5.74) is 0. The normalized spacial score (nSPS) is 13.5. The fourth-order valence-corrected chi connectivity index (χ4v) is 10.8. The van der Waals surface area contributed by atoms with Gasteiger partial charge in [0.05, 0.1) is 27.7 Å². The lowest BCUT2D eigenvalue weighted by molar-refractivity contribution is -0.870. The first-order chi connectivity index (χ1) is 39.5. The van der Waals surface area contributed by atoms with Crippen molar-refractivity contribution in [1.82, 2.24) is 0 Å². The van der Waals surface area contributed by atoms with Crippen LogP contribution in [0, 0.1) is 0 Å². The van der Waals surface area contributed by atoms with E-state index in [0.717, 1.165) is 77.0 Å². The number of nitrogens with zero attached hydrogens (tertiary/aromatic N) is 1. The van der Waals surface area contributed by atoms with E-state index in [9.17, 15) is 19.0 Å². The number of rotatable bonds is 64. The number of hydrogen-bond acceptors (Lipinski definition) is 8. The minimum atomic E-state index is -4.64. The predicted molar refractivity (Wildman–Crippen MR) is 347 cm³/mol. The molecule has 0 aliphatic carbocycles. The second kappa shape index (κ2) is 62.2. The molecule has 0 rings (SSSR count). The van der Waals surface area contributed by atoms with Crippen molar-refractivity contribution in [3.05, 3.63) is 60.8 Å². The molecule has 0 aliphatic heterocycles. The molecular formula is C71H132NO8P. The van der Waals surface area contributed by atoms with Crippen LogP contribution < -0.4 is 4.89 Å². The quantitative estimate of drug-likeness (QED) is 0.0195. The Kier molecular flexibility index (Phi) is 60.5. The molecule has 0 radical (unpaired) electrons. The average molecular weight is 1160 g/mol. The van der Waals surface area contributed by atoms with E-state index in [-0.39, 0.29) is 32.0 Å². The van der Waals surface area contributed by atoms with Crippen molar-refractivity contribution in [3.63, 3.8) is 0 Å². The number of likely N-dealkylation sites (N-methyl/N-ethyl adjacent to an activating group) is 1. The van der Waals surface area contributed by atoms with Gasteiger partial charge < -0.3 is 27.9 Å². The van der Waals surface area contributed by atoms with Gasteiger partial charge in [-0.15, -0.1) is 0 Å². The third-order valence-electron chi connectivity index (χ3n) is 15.3. The molecule has 0 N–H and O–H groups in total. The molecule has 0 fully saturated rings. The Bertz CT molecular complexity index is 1550. The van der Waals surface area contributed by atoms with E-state index in [4.69, 9.17) is 18.5 Å². The Balaban J connectivity index is 3.99. The van der Waals surface area contributed by atoms with Crippen molar-refractivity contribution in [2.75, 3.05) is 47.5 Å². The molecule has 0 aromatic rings. The van der Waals surface area contributed by atoms with Crippen LogP contribution in [-0.4, -0.2) is 70.0 Å². The summed E-state index contributed by atoms with van der Waals surface area (Å²) in [5, 5.41) is 0. The van der Waals surface area contributed by atoms with Crippen molar-refractivity contribution in [2.24, 2.45) is 0 Å². The lowest BCUT2D eigenvalue weighted by Crippen LogP contribution is -2.37. The molecular weight excluding hydrogens is 1030 g/mol. The van der Waals surface area contributed by atoms with Crippen LogP contribution in [0.15, 0.2) is 60.8 Å². The van der Waals surface area contributed by atoms with Gasteiger partial charge in [-0.3, -0.25) is 14.2 Å². The summed E-state index contributed by atoms with van der Waals surface area (Å²) in [6.45, 7) is 4.16. The van der Waals surface area contributed by atoms with Crippen LogP contribution in [0.2, 0.25) is 0 Å². The SMILES string of the molecule is CC/C=C\C/C=C\C/C=C\C/C=C\C/C=C\CCCCCCCCCC(=O)OC(COC(=O)CCCCCCCCCCCCCCCCCCCCCCCCCCCCCCCCCCCC)COP(=O)([O-])OCC[N+](C)(C)C. The number of ether oxygens (including phenoxy) is 2. The summed E-state index contributed by atoms with van der Waals surface area (Å²) in [6, 6.07) is 0.